The maximum Gasteiger partial charge on any atom is 0.311 e. The van der Waals surface area contributed by atoms with Gasteiger partial charge in [0.2, 0.25) is 11.6 Å². The number of methoxy groups -OCH3 is 1. The molecule has 3 rings (SSSR count). The van der Waals surface area contributed by atoms with Crippen LogP contribution in [-0.2, 0) is 6.42 Å². The number of nitrogen functional groups attached to an aromatic ring is 1. The maximum absolute atomic E-state index is 12.7. The topological polar surface area (TPSA) is 189 Å². The van der Waals surface area contributed by atoms with Crippen molar-refractivity contribution in [2.24, 2.45) is 5.10 Å². The second-order valence-corrected chi connectivity index (χ2v) is 6.30. The highest BCUT2D eigenvalue weighted by Gasteiger charge is 2.23. The van der Waals surface area contributed by atoms with Gasteiger partial charge in [-0.1, -0.05) is 18.6 Å². The Hall–Kier alpha value is -4.36. The summed E-state index contributed by atoms with van der Waals surface area (Å²) < 4.78 is 10.8. The summed E-state index contributed by atoms with van der Waals surface area (Å²) in [4.78, 5) is 23.3. The van der Waals surface area contributed by atoms with Crippen LogP contribution in [0.1, 0.15) is 42.0 Å². The lowest BCUT2D eigenvalue weighted by Gasteiger charge is -2.06. The number of nitrogens with one attached hydrogen (secondary N) is 1. The molecular formula is C17H19N9O5. The molecule has 0 aliphatic heterocycles. The molecule has 0 atom stereocenters. The summed E-state index contributed by atoms with van der Waals surface area (Å²) in [5, 5.41) is 30.2. The lowest BCUT2D eigenvalue weighted by molar-refractivity contribution is -0.385. The molecule has 0 fully saturated rings. The van der Waals surface area contributed by atoms with Crippen LogP contribution in [0, 0.1) is 10.1 Å². The van der Waals surface area contributed by atoms with Crippen LogP contribution in [0.3, 0.4) is 0 Å². The average Bonchev–Trinajstić information content (AvgIpc) is 3.37. The van der Waals surface area contributed by atoms with Crippen molar-refractivity contribution in [2.45, 2.75) is 26.7 Å². The number of carbonyl (C=O) groups is 1. The molecule has 0 bridgehead atoms. The first-order chi connectivity index (χ1) is 14.9. The number of ether oxygens (including phenoxy) is 1. The zero-order valence-corrected chi connectivity index (χ0v) is 16.9. The lowest BCUT2D eigenvalue weighted by Crippen LogP contribution is -2.21. The largest absolute Gasteiger partial charge is 0.490 e. The fourth-order valence-corrected chi connectivity index (χ4v) is 2.76. The van der Waals surface area contributed by atoms with Gasteiger partial charge in [0, 0.05) is 11.6 Å². The van der Waals surface area contributed by atoms with Gasteiger partial charge >= 0.3 is 5.69 Å². The number of nitro benzene ring substituents is 1. The molecule has 0 spiro atoms. The lowest BCUT2D eigenvalue weighted by atomic mass is 10.1. The van der Waals surface area contributed by atoms with Gasteiger partial charge in [0.15, 0.2) is 11.4 Å². The Bertz CT molecular complexity index is 1150. The van der Waals surface area contributed by atoms with Gasteiger partial charge in [0.25, 0.3) is 5.91 Å². The van der Waals surface area contributed by atoms with Crippen molar-refractivity contribution in [2.75, 3.05) is 12.8 Å². The molecule has 0 radical (unpaired) electrons. The maximum atomic E-state index is 12.7. The minimum atomic E-state index is -0.618. The molecule has 2 aromatic heterocycles. The highest BCUT2D eigenvalue weighted by atomic mass is 16.6. The Balaban J connectivity index is 1.86. The van der Waals surface area contributed by atoms with Crippen LogP contribution in [0.15, 0.2) is 27.9 Å². The third-order valence-corrected chi connectivity index (χ3v) is 4.28. The van der Waals surface area contributed by atoms with E-state index in [4.69, 9.17) is 10.5 Å². The second-order valence-electron chi connectivity index (χ2n) is 6.30. The summed E-state index contributed by atoms with van der Waals surface area (Å²) in [7, 11) is 1.34. The van der Waals surface area contributed by atoms with Gasteiger partial charge in [-0.05, 0) is 35.8 Å². The van der Waals surface area contributed by atoms with E-state index in [0.29, 0.717) is 29.8 Å². The van der Waals surface area contributed by atoms with Gasteiger partial charge in [0.1, 0.15) is 0 Å². The van der Waals surface area contributed by atoms with Crippen molar-refractivity contribution in [3.63, 3.8) is 0 Å². The molecule has 14 heteroatoms. The smallest absolute Gasteiger partial charge is 0.311 e. The Kier molecular flexibility index (Phi) is 6.18. The summed E-state index contributed by atoms with van der Waals surface area (Å²) in [5.74, 6) is -0.371. The van der Waals surface area contributed by atoms with Crippen LogP contribution in [0.5, 0.6) is 5.75 Å². The van der Waals surface area contributed by atoms with E-state index in [2.05, 4.69) is 35.8 Å². The number of benzene rings is 1. The summed E-state index contributed by atoms with van der Waals surface area (Å²) in [5.41, 5.74) is 9.14. The monoisotopic (exact) mass is 429 g/mol. The number of amides is 1. The third-order valence-electron chi connectivity index (χ3n) is 4.28. The average molecular weight is 429 g/mol. The van der Waals surface area contributed by atoms with E-state index >= 15 is 0 Å². The number of hydrogen-bond acceptors (Lipinski definition) is 11. The number of rotatable bonds is 8. The van der Waals surface area contributed by atoms with Crippen molar-refractivity contribution in [1.29, 1.82) is 0 Å². The summed E-state index contributed by atoms with van der Waals surface area (Å²) in [6, 6.07) is 4.36. The van der Waals surface area contributed by atoms with Gasteiger partial charge in [0.05, 0.1) is 23.4 Å². The molecule has 0 saturated carbocycles. The Morgan fingerprint density at radius 2 is 2.19 bits per heavy atom. The van der Waals surface area contributed by atoms with Crippen LogP contribution in [0.25, 0.3) is 5.82 Å². The first-order valence-corrected chi connectivity index (χ1v) is 9.07. The predicted molar refractivity (Wildman–Crippen MR) is 107 cm³/mol. The number of hydrogen-bond donors (Lipinski definition) is 2. The third kappa shape index (κ3) is 4.31. The van der Waals surface area contributed by atoms with Crippen LogP contribution >= 0.6 is 0 Å². The van der Waals surface area contributed by atoms with Crippen molar-refractivity contribution >= 4 is 23.1 Å². The normalized spacial score (nSPS) is 11.4. The summed E-state index contributed by atoms with van der Waals surface area (Å²) in [6.45, 7) is 3.51. The first-order valence-electron chi connectivity index (χ1n) is 9.07. The number of aromatic nitrogens is 5. The molecular weight excluding hydrogens is 410 g/mol. The van der Waals surface area contributed by atoms with Crippen molar-refractivity contribution in [3.8, 4) is 11.6 Å². The van der Waals surface area contributed by atoms with Gasteiger partial charge in [-0.15, -0.1) is 5.10 Å². The van der Waals surface area contributed by atoms with Gasteiger partial charge in [-0.3, -0.25) is 14.9 Å². The van der Waals surface area contributed by atoms with E-state index in [1.807, 2.05) is 6.92 Å². The molecule has 0 unspecified atom stereocenters. The van der Waals surface area contributed by atoms with E-state index < -0.39 is 10.8 Å². The van der Waals surface area contributed by atoms with Gasteiger partial charge < -0.3 is 10.5 Å². The van der Waals surface area contributed by atoms with E-state index in [-0.39, 0.29) is 28.8 Å². The van der Waals surface area contributed by atoms with Crippen molar-refractivity contribution in [1.82, 2.24) is 30.7 Å². The summed E-state index contributed by atoms with van der Waals surface area (Å²) >= 11 is 0. The van der Waals surface area contributed by atoms with Crippen LogP contribution in [-0.4, -0.2) is 49.0 Å². The summed E-state index contributed by atoms with van der Waals surface area (Å²) in [6.07, 6.45) is 1.14. The zero-order chi connectivity index (χ0) is 22.5. The molecule has 0 aliphatic rings. The first kappa shape index (κ1) is 21.4. The van der Waals surface area contributed by atoms with Crippen LogP contribution in [0.2, 0.25) is 0 Å². The molecule has 1 amide bonds. The van der Waals surface area contributed by atoms with Crippen LogP contribution < -0.4 is 15.9 Å². The minimum Gasteiger partial charge on any atom is -0.490 e. The fraction of sp³-hybridized carbons (Fsp3) is 0.294. The molecule has 31 heavy (non-hydrogen) atoms. The van der Waals surface area contributed by atoms with Gasteiger partial charge in [-0.2, -0.15) is 9.78 Å². The zero-order valence-electron chi connectivity index (χ0n) is 16.9. The number of nitro groups is 1. The quantitative estimate of drug-likeness (QED) is 0.299. The molecule has 0 aliphatic carbocycles. The number of nitrogens with two attached hydrogens (primary N) is 1. The number of hydrazone groups is 1. The van der Waals surface area contributed by atoms with E-state index in [1.165, 1.54) is 23.9 Å². The highest BCUT2D eigenvalue weighted by Crippen LogP contribution is 2.27. The Labute approximate surface area is 175 Å². The number of anilines is 1. The molecule has 0 saturated heterocycles. The van der Waals surface area contributed by atoms with E-state index in [9.17, 15) is 14.9 Å². The SMILES string of the molecule is CCCc1c(C(=O)N/N=C(\C)c2ccc(OC)c([N+](=O)[O-])c2)nnn1-c1nonc1N. The molecule has 2 heterocycles. The van der Waals surface area contributed by atoms with E-state index in [0.717, 1.165) is 0 Å². The van der Waals surface area contributed by atoms with E-state index in [1.54, 1.807) is 13.0 Å². The molecule has 3 N–H and O–H groups in total. The van der Waals surface area contributed by atoms with Crippen molar-refractivity contribution < 1.29 is 19.1 Å². The Morgan fingerprint density at radius 1 is 1.42 bits per heavy atom. The molecule has 1 aromatic carbocycles. The number of carbonyl (C=O) groups excluding carboxylic acids is 1. The predicted octanol–water partition coefficient (Wildman–Crippen LogP) is 1.26. The van der Waals surface area contributed by atoms with Gasteiger partial charge in [-0.25, -0.2) is 10.1 Å². The Morgan fingerprint density at radius 3 is 2.81 bits per heavy atom. The second kappa shape index (κ2) is 8.98. The highest BCUT2D eigenvalue weighted by molar-refractivity contribution is 6.01. The molecule has 162 valence electrons. The standard InChI is InChI=1S/C17H19N9O5/c1-4-5-11-14(20-24-25(11)16-15(18)22-31-23-16)17(27)21-19-9(2)10-6-7-13(30-3)12(8-10)26(28)29/h6-8H,4-5H2,1-3H3,(H2,18,22)(H,21,27)/b19-9+. The fourth-order valence-electron chi connectivity index (χ4n) is 2.76. The molecule has 3 aromatic rings. The number of nitrogens with zero attached hydrogens (tertiary/aromatic N) is 7. The molecule has 14 nitrogen and oxygen atoms in total. The van der Waals surface area contributed by atoms with Crippen LogP contribution in [0.4, 0.5) is 11.5 Å². The van der Waals surface area contributed by atoms with Crippen molar-refractivity contribution in [3.05, 3.63) is 45.3 Å². The minimum absolute atomic E-state index is 0.00387.